The van der Waals surface area contributed by atoms with Crippen LogP contribution in [0.1, 0.15) is 15.9 Å². The molecule has 5 rings (SSSR count). The molecule has 0 saturated carbocycles. The van der Waals surface area contributed by atoms with Gasteiger partial charge in [-0.15, -0.1) is 0 Å². The van der Waals surface area contributed by atoms with Crippen molar-refractivity contribution >= 4 is 28.5 Å². The van der Waals surface area contributed by atoms with Gasteiger partial charge in [0, 0.05) is 38.4 Å². The number of piperazine rings is 1. The Balaban J connectivity index is 1.46. The van der Waals surface area contributed by atoms with Crippen LogP contribution >= 0.6 is 0 Å². The first kappa shape index (κ1) is 24.4. The minimum Gasteiger partial charge on any atom is -0.497 e. The van der Waals surface area contributed by atoms with Crippen LogP contribution in [-0.2, 0) is 17.7 Å². The molecule has 1 aromatic heterocycles. The minimum absolute atomic E-state index is 0.107. The van der Waals surface area contributed by atoms with E-state index in [0.29, 0.717) is 48.5 Å². The molecular weight excluding hydrogens is 468 g/mol. The van der Waals surface area contributed by atoms with Crippen LogP contribution in [0.25, 0.3) is 10.9 Å². The Morgan fingerprint density at radius 2 is 1.59 bits per heavy atom. The second-order valence-electron chi connectivity index (χ2n) is 9.00. The van der Waals surface area contributed by atoms with Gasteiger partial charge in [0.05, 0.1) is 30.7 Å². The van der Waals surface area contributed by atoms with Crippen molar-refractivity contribution < 1.29 is 14.3 Å². The van der Waals surface area contributed by atoms with E-state index in [1.54, 1.807) is 29.9 Å². The van der Waals surface area contributed by atoms with E-state index in [4.69, 9.17) is 14.5 Å². The molecule has 0 amide bonds. The Bertz CT molecular complexity index is 1440. The lowest BCUT2D eigenvalue weighted by molar-refractivity contribution is 0.0601. The zero-order valence-corrected chi connectivity index (χ0v) is 21.1. The summed E-state index contributed by atoms with van der Waals surface area (Å²) >= 11 is 0. The molecule has 1 aliphatic rings. The third-order valence-electron chi connectivity index (χ3n) is 6.82. The third kappa shape index (κ3) is 5.14. The molecule has 0 unspecified atom stereocenters. The number of methoxy groups -OCH3 is 2. The second kappa shape index (κ2) is 10.7. The average molecular weight is 499 g/mol. The normalized spacial score (nSPS) is 13.6. The van der Waals surface area contributed by atoms with Crippen molar-refractivity contribution in [3.8, 4) is 5.75 Å². The topological polar surface area (TPSA) is 76.9 Å². The molecule has 190 valence electrons. The Kier molecular flexibility index (Phi) is 7.07. The van der Waals surface area contributed by atoms with Crippen LogP contribution in [0.2, 0.25) is 0 Å². The number of carbonyl (C=O) groups is 1. The highest BCUT2D eigenvalue weighted by Crippen LogP contribution is 2.23. The quantitative estimate of drug-likeness (QED) is 0.359. The fraction of sp³-hybridized carbons (Fsp3) is 0.276. The van der Waals surface area contributed by atoms with Gasteiger partial charge in [0.15, 0.2) is 0 Å². The van der Waals surface area contributed by atoms with E-state index in [-0.39, 0.29) is 5.56 Å². The Labute approximate surface area is 215 Å². The molecule has 1 aliphatic heterocycles. The molecule has 0 N–H and O–H groups in total. The summed E-state index contributed by atoms with van der Waals surface area (Å²) in [4.78, 5) is 35.2. The zero-order chi connectivity index (χ0) is 25.8. The first-order valence-electron chi connectivity index (χ1n) is 12.4. The van der Waals surface area contributed by atoms with Gasteiger partial charge in [-0.2, -0.15) is 0 Å². The minimum atomic E-state index is -0.452. The number of hydrogen-bond donors (Lipinski definition) is 0. The predicted octanol–water partition coefficient (Wildman–Crippen LogP) is 3.76. The van der Waals surface area contributed by atoms with Crippen molar-refractivity contribution in [3.63, 3.8) is 0 Å². The van der Waals surface area contributed by atoms with Gasteiger partial charge in [-0.3, -0.25) is 9.36 Å². The van der Waals surface area contributed by atoms with Crippen LogP contribution in [0.4, 0.5) is 11.6 Å². The Morgan fingerprint density at radius 1 is 0.892 bits per heavy atom. The monoisotopic (exact) mass is 498 g/mol. The van der Waals surface area contributed by atoms with E-state index in [9.17, 15) is 9.59 Å². The van der Waals surface area contributed by atoms with Gasteiger partial charge in [-0.25, -0.2) is 9.78 Å². The molecule has 0 atom stereocenters. The van der Waals surface area contributed by atoms with E-state index < -0.39 is 5.97 Å². The standard InChI is InChI=1S/C29H30N4O4/c1-36-24-11-9-23(10-12-24)31-16-18-32(19-17-31)29-30-26-20-22(28(35)37-2)8-13-25(26)27(34)33(29)15-14-21-6-4-3-5-7-21/h3-13,20H,14-19H2,1-2H3. The van der Waals surface area contributed by atoms with Gasteiger partial charge in [-0.05, 0) is 54.4 Å². The van der Waals surface area contributed by atoms with Crippen LogP contribution < -0.4 is 20.1 Å². The lowest BCUT2D eigenvalue weighted by Crippen LogP contribution is -2.48. The van der Waals surface area contributed by atoms with Crippen molar-refractivity contribution in [2.24, 2.45) is 0 Å². The predicted molar refractivity (Wildman–Crippen MR) is 145 cm³/mol. The van der Waals surface area contributed by atoms with E-state index in [1.807, 2.05) is 30.3 Å². The number of anilines is 2. The van der Waals surface area contributed by atoms with E-state index in [0.717, 1.165) is 30.1 Å². The highest BCUT2D eigenvalue weighted by atomic mass is 16.5. The summed E-state index contributed by atoms with van der Waals surface area (Å²) in [6, 6.07) is 23.1. The number of hydrogen-bond acceptors (Lipinski definition) is 7. The lowest BCUT2D eigenvalue weighted by Gasteiger charge is -2.37. The SMILES string of the molecule is COC(=O)c1ccc2c(=O)n(CCc3ccccc3)c(N3CCN(c4ccc(OC)cc4)CC3)nc2c1. The molecule has 0 radical (unpaired) electrons. The highest BCUT2D eigenvalue weighted by molar-refractivity contribution is 5.94. The largest absolute Gasteiger partial charge is 0.497 e. The van der Waals surface area contributed by atoms with Crippen LogP contribution in [0.15, 0.2) is 77.6 Å². The number of aromatic nitrogens is 2. The molecule has 0 spiro atoms. The Hall–Kier alpha value is -4.33. The number of fused-ring (bicyclic) bond motifs is 1. The fourth-order valence-corrected chi connectivity index (χ4v) is 4.74. The zero-order valence-electron chi connectivity index (χ0n) is 21.1. The summed E-state index contributed by atoms with van der Waals surface area (Å²) in [6.45, 7) is 3.53. The molecule has 0 bridgehead atoms. The molecule has 4 aromatic rings. The maximum atomic E-state index is 13.7. The number of rotatable bonds is 7. The van der Waals surface area contributed by atoms with E-state index >= 15 is 0 Å². The molecule has 1 fully saturated rings. The summed E-state index contributed by atoms with van der Waals surface area (Å²) in [5.41, 5.74) is 3.06. The van der Waals surface area contributed by atoms with Crippen LogP contribution in [0.3, 0.4) is 0 Å². The number of carbonyl (C=O) groups excluding carboxylic acids is 1. The van der Waals surface area contributed by atoms with Crippen LogP contribution in [0, 0.1) is 0 Å². The average Bonchev–Trinajstić information content (AvgIpc) is 2.96. The van der Waals surface area contributed by atoms with Gasteiger partial charge in [-0.1, -0.05) is 30.3 Å². The van der Waals surface area contributed by atoms with Crippen molar-refractivity contribution in [1.29, 1.82) is 0 Å². The summed E-state index contributed by atoms with van der Waals surface area (Å²) in [5, 5.41) is 0.487. The van der Waals surface area contributed by atoms with Gasteiger partial charge >= 0.3 is 5.97 Å². The lowest BCUT2D eigenvalue weighted by atomic mass is 10.1. The first-order chi connectivity index (χ1) is 18.1. The van der Waals surface area contributed by atoms with Gasteiger partial charge < -0.3 is 19.3 Å². The van der Waals surface area contributed by atoms with Crippen LogP contribution in [-0.4, -0.2) is 55.9 Å². The molecular formula is C29H30N4O4. The molecule has 8 nitrogen and oxygen atoms in total. The van der Waals surface area contributed by atoms with Gasteiger partial charge in [0.25, 0.3) is 5.56 Å². The van der Waals surface area contributed by atoms with Crippen LogP contribution in [0.5, 0.6) is 5.75 Å². The number of ether oxygens (including phenoxy) is 2. The second-order valence-corrected chi connectivity index (χ2v) is 9.00. The fourth-order valence-electron chi connectivity index (χ4n) is 4.74. The molecule has 0 aliphatic carbocycles. The Morgan fingerprint density at radius 3 is 2.27 bits per heavy atom. The highest BCUT2D eigenvalue weighted by Gasteiger charge is 2.23. The number of nitrogens with zero attached hydrogens (tertiary/aromatic N) is 4. The number of aryl methyl sites for hydroxylation is 1. The summed E-state index contributed by atoms with van der Waals surface area (Å²) in [6.07, 6.45) is 0.715. The first-order valence-corrected chi connectivity index (χ1v) is 12.4. The summed E-state index contributed by atoms with van der Waals surface area (Å²) in [7, 11) is 3.01. The van der Waals surface area contributed by atoms with Crippen molar-refractivity contribution in [1.82, 2.24) is 9.55 Å². The van der Waals surface area contributed by atoms with Crippen molar-refractivity contribution in [3.05, 3.63) is 94.3 Å². The number of esters is 1. The van der Waals surface area contributed by atoms with Crippen molar-refractivity contribution in [2.75, 3.05) is 50.2 Å². The van der Waals surface area contributed by atoms with Gasteiger partial charge in [0.1, 0.15) is 5.75 Å². The van der Waals surface area contributed by atoms with E-state index in [1.165, 1.54) is 7.11 Å². The van der Waals surface area contributed by atoms with Crippen molar-refractivity contribution in [2.45, 2.75) is 13.0 Å². The molecule has 3 aromatic carbocycles. The molecule has 37 heavy (non-hydrogen) atoms. The molecule has 8 heteroatoms. The summed E-state index contributed by atoms with van der Waals surface area (Å²) in [5.74, 6) is 1.01. The summed E-state index contributed by atoms with van der Waals surface area (Å²) < 4.78 is 11.9. The maximum Gasteiger partial charge on any atom is 0.337 e. The van der Waals surface area contributed by atoms with E-state index in [2.05, 4.69) is 34.1 Å². The molecule has 2 heterocycles. The smallest absolute Gasteiger partial charge is 0.337 e. The molecule has 1 saturated heterocycles. The maximum absolute atomic E-state index is 13.7. The third-order valence-corrected chi connectivity index (χ3v) is 6.82. The van der Waals surface area contributed by atoms with Gasteiger partial charge in [0.2, 0.25) is 5.95 Å². The number of benzene rings is 3.